The molecule has 1 aromatic rings. The van der Waals surface area contributed by atoms with Gasteiger partial charge in [-0.25, -0.2) is 0 Å². The van der Waals surface area contributed by atoms with Gasteiger partial charge in [-0.05, 0) is 57.2 Å². The molecule has 2 saturated heterocycles. The third-order valence-electron chi connectivity index (χ3n) is 5.24. The third-order valence-corrected chi connectivity index (χ3v) is 5.24. The van der Waals surface area contributed by atoms with Crippen molar-refractivity contribution in [2.75, 3.05) is 26.2 Å². The van der Waals surface area contributed by atoms with Gasteiger partial charge < -0.3 is 10.2 Å². The van der Waals surface area contributed by atoms with Gasteiger partial charge in [0.25, 0.3) is 0 Å². The summed E-state index contributed by atoms with van der Waals surface area (Å²) in [6.07, 6.45) is 2.31. The van der Waals surface area contributed by atoms with Crippen molar-refractivity contribution in [2.24, 2.45) is 11.8 Å². The highest BCUT2D eigenvalue weighted by Gasteiger charge is 2.32. The van der Waals surface area contributed by atoms with Crippen LogP contribution in [0.2, 0.25) is 0 Å². The maximum atomic E-state index is 12.8. The number of benzene rings is 1. The van der Waals surface area contributed by atoms with Crippen molar-refractivity contribution >= 4 is 5.91 Å². The number of carbonyl (C=O) groups is 1. The molecule has 0 aliphatic carbocycles. The van der Waals surface area contributed by atoms with Gasteiger partial charge in [-0.2, -0.15) is 0 Å². The van der Waals surface area contributed by atoms with E-state index in [1.54, 1.807) is 0 Å². The van der Waals surface area contributed by atoms with E-state index in [0.717, 1.165) is 56.4 Å². The highest BCUT2D eigenvalue weighted by molar-refractivity contribution is 5.83. The van der Waals surface area contributed by atoms with Crippen molar-refractivity contribution in [1.82, 2.24) is 10.2 Å². The van der Waals surface area contributed by atoms with Crippen molar-refractivity contribution in [3.05, 3.63) is 35.4 Å². The number of hydrogen-bond acceptors (Lipinski definition) is 2. The van der Waals surface area contributed by atoms with Gasteiger partial charge in [-0.3, -0.25) is 4.79 Å². The molecule has 0 radical (unpaired) electrons. The summed E-state index contributed by atoms with van der Waals surface area (Å²) in [4.78, 5) is 14.9. The SMILES string of the molecule is Cc1cccc(C(C)C(=O)N2CC[C@@H]3CNC[C@@H]3CC2)c1. The molecule has 0 bridgehead atoms. The van der Waals surface area contributed by atoms with Crippen LogP contribution in [-0.4, -0.2) is 37.0 Å². The van der Waals surface area contributed by atoms with E-state index in [1.165, 1.54) is 5.56 Å². The zero-order valence-corrected chi connectivity index (χ0v) is 13.1. The first-order valence-electron chi connectivity index (χ1n) is 8.21. The maximum absolute atomic E-state index is 12.8. The van der Waals surface area contributed by atoms with Crippen LogP contribution in [0.15, 0.2) is 24.3 Å². The van der Waals surface area contributed by atoms with Crippen LogP contribution >= 0.6 is 0 Å². The molecule has 0 spiro atoms. The Morgan fingerprint density at radius 3 is 2.52 bits per heavy atom. The number of likely N-dealkylation sites (tertiary alicyclic amines) is 1. The van der Waals surface area contributed by atoms with Crippen LogP contribution in [0.3, 0.4) is 0 Å². The molecule has 1 amide bonds. The molecule has 0 aromatic heterocycles. The normalized spacial score (nSPS) is 27.0. The zero-order valence-electron chi connectivity index (χ0n) is 13.1. The molecule has 3 atom stereocenters. The monoisotopic (exact) mass is 286 g/mol. The number of fused-ring (bicyclic) bond motifs is 1. The lowest BCUT2D eigenvalue weighted by atomic mass is 9.92. The van der Waals surface area contributed by atoms with Crippen LogP contribution in [0, 0.1) is 18.8 Å². The lowest BCUT2D eigenvalue weighted by Crippen LogP contribution is -2.35. The van der Waals surface area contributed by atoms with Gasteiger partial charge in [-0.15, -0.1) is 0 Å². The van der Waals surface area contributed by atoms with Crippen molar-refractivity contribution in [1.29, 1.82) is 0 Å². The minimum atomic E-state index is -0.0269. The van der Waals surface area contributed by atoms with Crippen molar-refractivity contribution in [3.63, 3.8) is 0 Å². The number of nitrogens with zero attached hydrogens (tertiary/aromatic N) is 1. The summed E-state index contributed by atoms with van der Waals surface area (Å²) in [5, 5.41) is 3.49. The average Bonchev–Trinajstić information content (AvgIpc) is 2.84. The molecule has 2 aliphatic heterocycles. The second kappa shape index (κ2) is 6.18. The average molecular weight is 286 g/mol. The first-order valence-corrected chi connectivity index (χ1v) is 8.21. The Bertz CT molecular complexity index is 500. The van der Waals surface area contributed by atoms with Crippen LogP contribution in [-0.2, 0) is 4.79 Å². The molecular formula is C18H26N2O. The molecule has 3 heteroatoms. The summed E-state index contributed by atoms with van der Waals surface area (Å²) >= 11 is 0. The van der Waals surface area contributed by atoms with Gasteiger partial charge in [0.05, 0.1) is 5.92 Å². The molecule has 1 N–H and O–H groups in total. The second-order valence-corrected chi connectivity index (χ2v) is 6.72. The Hall–Kier alpha value is -1.35. The van der Waals surface area contributed by atoms with Gasteiger partial charge >= 0.3 is 0 Å². The zero-order chi connectivity index (χ0) is 14.8. The summed E-state index contributed by atoms with van der Waals surface area (Å²) in [6, 6.07) is 8.35. The van der Waals surface area contributed by atoms with Gasteiger partial charge in [-0.1, -0.05) is 29.8 Å². The lowest BCUT2D eigenvalue weighted by Gasteiger charge is -2.25. The summed E-state index contributed by atoms with van der Waals surface area (Å²) in [5.41, 5.74) is 2.37. The quantitative estimate of drug-likeness (QED) is 0.906. The number of nitrogens with one attached hydrogen (secondary N) is 1. The summed E-state index contributed by atoms with van der Waals surface area (Å²) in [6.45, 7) is 8.27. The predicted octanol–water partition coefficient (Wildman–Crippen LogP) is 2.56. The smallest absolute Gasteiger partial charge is 0.229 e. The second-order valence-electron chi connectivity index (χ2n) is 6.72. The molecule has 2 fully saturated rings. The molecule has 2 heterocycles. The molecule has 2 aliphatic rings. The first kappa shape index (κ1) is 14.6. The lowest BCUT2D eigenvalue weighted by molar-refractivity contribution is -0.132. The highest BCUT2D eigenvalue weighted by Crippen LogP contribution is 2.28. The number of aryl methyl sites for hydroxylation is 1. The maximum Gasteiger partial charge on any atom is 0.229 e. The third kappa shape index (κ3) is 3.13. The van der Waals surface area contributed by atoms with E-state index in [4.69, 9.17) is 0 Å². The largest absolute Gasteiger partial charge is 0.342 e. The first-order chi connectivity index (χ1) is 10.1. The minimum Gasteiger partial charge on any atom is -0.342 e. The minimum absolute atomic E-state index is 0.0269. The van der Waals surface area contributed by atoms with E-state index in [2.05, 4.69) is 35.3 Å². The van der Waals surface area contributed by atoms with E-state index in [0.29, 0.717) is 5.91 Å². The molecule has 114 valence electrons. The van der Waals surface area contributed by atoms with Crippen molar-refractivity contribution < 1.29 is 4.79 Å². The van der Waals surface area contributed by atoms with Crippen LogP contribution in [0.5, 0.6) is 0 Å². The molecule has 21 heavy (non-hydrogen) atoms. The van der Waals surface area contributed by atoms with Crippen LogP contribution in [0.25, 0.3) is 0 Å². The Kier molecular flexibility index (Phi) is 4.29. The number of amides is 1. The molecule has 0 saturated carbocycles. The molecule has 3 rings (SSSR count). The van der Waals surface area contributed by atoms with E-state index in [-0.39, 0.29) is 5.92 Å². The van der Waals surface area contributed by atoms with E-state index in [9.17, 15) is 4.79 Å². The fourth-order valence-corrected chi connectivity index (χ4v) is 3.79. The highest BCUT2D eigenvalue weighted by atomic mass is 16.2. The molecule has 1 aromatic carbocycles. The summed E-state index contributed by atoms with van der Waals surface area (Å²) in [5.74, 6) is 1.82. The summed E-state index contributed by atoms with van der Waals surface area (Å²) < 4.78 is 0. The standard InChI is InChI=1S/C18H26N2O/c1-13-4-3-5-15(10-13)14(2)18(21)20-8-6-16-11-19-12-17(16)7-9-20/h3-5,10,14,16-17,19H,6-9,11-12H2,1-2H3/t14?,16-,17+. The van der Waals surface area contributed by atoms with Crippen molar-refractivity contribution in [3.8, 4) is 0 Å². The van der Waals surface area contributed by atoms with Gasteiger partial charge in [0.1, 0.15) is 0 Å². The van der Waals surface area contributed by atoms with E-state index < -0.39 is 0 Å². The number of carbonyl (C=O) groups excluding carboxylic acids is 1. The van der Waals surface area contributed by atoms with Crippen molar-refractivity contribution in [2.45, 2.75) is 32.6 Å². The fraction of sp³-hybridized carbons (Fsp3) is 0.611. The summed E-state index contributed by atoms with van der Waals surface area (Å²) in [7, 11) is 0. The Morgan fingerprint density at radius 2 is 1.90 bits per heavy atom. The van der Waals surface area contributed by atoms with Crippen LogP contribution < -0.4 is 5.32 Å². The topological polar surface area (TPSA) is 32.3 Å². The van der Waals surface area contributed by atoms with Gasteiger partial charge in [0.2, 0.25) is 5.91 Å². The van der Waals surface area contributed by atoms with Crippen LogP contribution in [0.1, 0.15) is 36.8 Å². The molecule has 1 unspecified atom stereocenters. The number of hydrogen-bond donors (Lipinski definition) is 1. The van der Waals surface area contributed by atoms with E-state index >= 15 is 0 Å². The fourth-order valence-electron chi connectivity index (χ4n) is 3.79. The molecular weight excluding hydrogens is 260 g/mol. The Morgan fingerprint density at radius 1 is 1.24 bits per heavy atom. The Balaban J connectivity index is 1.67. The molecule has 3 nitrogen and oxygen atoms in total. The Labute approximate surface area is 127 Å². The van der Waals surface area contributed by atoms with E-state index in [1.807, 2.05) is 13.0 Å². The van der Waals surface area contributed by atoms with Gasteiger partial charge in [0.15, 0.2) is 0 Å². The van der Waals surface area contributed by atoms with Crippen LogP contribution in [0.4, 0.5) is 0 Å². The predicted molar refractivity (Wildman–Crippen MR) is 85.3 cm³/mol. The number of rotatable bonds is 2. The van der Waals surface area contributed by atoms with Gasteiger partial charge in [0, 0.05) is 13.1 Å².